The highest BCUT2D eigenvalue weighted by atomic mass is 16.2. The quantitative estimate of drug-likeness (QED) is 0.309. The largest absolute Gasteiger partial charge is 0.323 e. The van der Waals surface area contributed by atoms with Crippen LogP contribution in [0, 0.1) is 13.8 Å². The minimum atomic E-state index is -0.832. The van der Waals surface area contributed by atoms with Crippen molar-refractivity contribution in [2.45, 2.75) is 13.8 Å². The molecule has 3 N–H and O–H groups in total. The lowest BCUT2D eigenvalue weighted by atomic mass is 10.1. The van der Waals surface area contributed by atoms with Crippen LogP contribution in [0.1, 0.15) is 11.1 Å². The van der Waals surface area contributed by atoms with Gasteiger partial charge >= 0.3 is 11.8 Å². The van der Waals surface area contributed by atoms with Crippen molar-refractivity contribution in [2.24, 2.45) is 5.84 Å². The second-order valence-electron chi connectivity index (χ2n) is 3.68. The van der Waals surface area contributed by atoms with Crippen LogP contribution in [0.25, 0.3) is 0 Å². The number of carbonyl (C=O) groups is 2. The SMILES string of the molecule is Cc1cc(C)cc(N(C)C(=O)C(=O)NN)c1. The van der Waals surface area contributed by atoms with E-state index in [2.05, 4.69) is 0 Å². The Hall–Kier alpha value is -1.88. The number of carbonyl (C=O) groups excluding carboxylic acids is 2. The summed E-state index contributed by atoms with van der Waals surface area (Å²) in [6, 6.07) is 5.65. The van der Waals surface area contributed by atoms with Crippen molar-refractivity contribution < 1.29 is 9.59 Å². The van der Waals surface area contributed by atoms with Crippen LogP contribution in [0.2, 0.25) is 0 Å². The van der Waals surface area contributed by atoms with E-state index in [1.54, 1.807) is 0 Å². The summed E-state index contributed by atoms with van der Waals surface area (Å²) in [5.74, 6) is 3.38. The van der Waals surface area contributed by atoms with Crippen molar-refractivity contribution >= 4 is 17.5 Å². The summed E-state index contributed by atoms with van der Waals surface area (Å²) in [6.07, 6.45) is 0. The monoisotopic (exact) mass is 221 g/mol. The van der Waals surface area contributed by atoms with Gasteiger partial charge in [-0.05, 0) is 37.1 Å². The summed E-state index contributed by atoms with van der Waals surface area (Å²) < 4.78 is 0. The van der Waals surface area contributed by atoms with E-state index >= 15 is 0 Å². The molecule has 0 spiro atoms. The van der Waals surface area contributed by atoms with Gasteiger partial charge in [-0.15, -0.1) is 0 Å². The first kappa shape index (κ1) is 12.2. The van der Waals surface area contributed by atoms with Crippen LogP contribution in [0.4, 0.5) is 5.69 Å². The highest BCUT2D eigenvalue weighted by Gasteiger charge is 2.18. The van der Waals surface area contributed by atoms with Crippen LogP contribution in [0.3, 0.4) is 0 Å². The highest BCUT2D eigenvalue weighted by Crippen LogP contribution is 2.17. The number of anilines is 1. The number of hydrogen-bond donors (Lipinski definition) is 2. The lowest BCUT2D eigenvalue weighted by molar-refractivity contribution is -0.137. The van der Waals surface area contributed by atoms with Gasteiger partial charge in [0.25, 0.3) is 0 Å². The average molecular weight is 221 g/mol. The topological polar surface area (TPSA) is 75.4 Å². The Labute approximate surface area is 94.2 Å². The lowest BCUT2D eigenvalue weighted by Crippen LogP contribution is -2.44. The Balaban J connectivity index is 3.00. The van der Waals surface area contributed by atoms with E-state index in [1.165, 1.54) is 11.9 Å². The summed E-state index contributed by atoms with van der Waals surface area (Å²) >= 11 is 0. The molecule has 0 saturated heterocycles. The molecule has 5 nitrogen and oxygen atoms in total. The number of nitrogens with two attached hydrogens (primary N) is 1. The van der Waals surface area contributed by atoms with Gasteiger partial charge in [0.05, 0.1) is 0 Å². The average Bonchev–Trinajstić information content (AvgIpc) is 2.24. The Morgan fingerprint density at radius 1 is 1.19 bits per heavy atom. The van der Waals surface area contributed by atoms with Crippen LogP contribution >= 0.6 is 0 Å². The lowest BCUT2D eigenvalue weighted by Gasteiger charge is -2.17. The third kappa shape index (κ3) is 2.58. The van der Waals surface area contributed by atoms with Crippen molar-refractivity contribution in [3.05, 3.63) is 29.3 Å². The molecule has 16 heavy (non-hydrogen) atoms. The number of rotatable bonds is 1. The van der Waals surface area contributed by atoms with Crippen LogP contribution in [-0.2, 0) is 9.59 Å². The van der Waals surface area contributed by atoms with E-state index in [0.29, 0.717) is 5.69 Å². The van der Waals surface area contributed by atoms with Crippen LogP contribution < -0.4 is 16.2 Å². The molecule has 0 unspecified atom stereocenters. The van der Waals surface area contributed by atoms with E-state index in [1.807, 2.05) is 37.5 Å². The molecular weight excluding hydrogens is 206 g/mol. The molecule has 0 aliphatic rings. The predicted octanol–water partition coefficient (Wildman–Crippen LogP) is 0.256. The summed E-state index contributed by atoms with van der Waals surface area (Å²) in [5, 5.41) is 0. The smallest absolute Gasteiger partial charge is 0.307 e. The zero-order valence-corrected chi connectivity index (χ0v) is 9.57. The number of hydrogen-bond acceptors (Lipinski definition) is 3. The maximum absolute atomic E-state index is 11.5. The van der Waals surface area contributed by atoms with E-state index in [9.17, 15) is 9.59 Å². The molecule has 86 valence electrons. The van der Waals surface area contributed by atoms with E-state index in [0.717, 1.165) is 11.1 Å². The fourth-order valence-electron chi connectivity index (χ4n) is 1.48. The molecule has 1 aromatic rings. The van der Waals surface area contributed by atoms with Gasteiger partial charge in [-0.3, -0.25) is 15.0 Å². The normalized spacial score (nSPS) is 9.75. The third-order valence-electron chi connectivity index (χ3n) is 2.22. The number of hydrazine groups is 1. The Morgan fingerprint density at radius 3 is 2.12 bits per heavy atom. The fourth-order valence-corrected chi connectivity index (χ4v) is 1.48. The molecular formula is C11H15N3O2. The van der Waals surface area contributed by atoms with Crippen molar-refractivity contribution in [2.75, 3.05) is 11.9 Å². The number of aryl methyl sites for hydroxylation is 2. The molecule has 0 saturated carbocycles. The first-order valence-corrected chi connectivity index (χ1v) is 4.82. The molecule has 0 aliphatic heterocycles. The number of nitrogens with zero attached hydrogens (tertiary/aromatic N) is 1. The molecule has 0 aliphatic carbocycles. The number of benzene rings is 1. The van der Waals surface area contributed by atoms with Crippen LogP contribution in [0.15, 0.2) is 18.2 Å². The molecule has 0 fully saturated rings. The van der Waals surface area contributed by atoms with Gasteiger partial charge in [0.2, 0.25) is 0 Å². The van der Waals surface area contributed by atoms with E-state index in [4.69, 9.17) is 5.84 Å². The van der Waals surface area contributed by atoms with Crippen molar-refractivity contribution in [3.63, 3.8) is 0 Å². The summed E-state index contributed by atoms with van der Waals surface area (Å²) in [7, 11) is 1.53. The van der Waals surface area contributed by atoms with Gasteiger partial charge in [-0.25, -0.2) is 5.84 Å². The van der Waals surface area contributed by atoms with Crippen molar-refractivity contribution in [1.82, 2.24) is 5.43 Å². The van der Waals surface area contributed by atoms with Gasteiger partial charge in [0, 0.05) is 12.7 Å². The van der Waals surface area contributed by atoms with Crippen molar-refractivity contribution in [3.8, 4) is 0 Å². The first-order chi connectivity index (χ1) is 7.45. The molecule has 0 radical (unpaired) electrons. The molecule has 0 heterocycles. The van der Waals surface area contributed by atoms with Gasteiger partial charge in [0.15, 0.2) is 0 Å². The molecule has 2 amide bonds. The molecule has 5 heteroatoms. The molecule has 1 rings (SSSR count). The Morgan fingerprint density at radius 2 is 1.69 bits per heavy atom. The number of likely N-dealkylation sites (N-methyl/N-ethyl adjacent to an activating group) is 1. The van der Waals surface area contributed by atoms with Crippen LogP contribution in [0.5, 0.6) is 0 Å². The summed E-state index contributed by atoms with van der Waals surface area (Å²) in [4.78, 5) is 23.9. The maximum atomic E-state index is 11.5. The minimum absolute atomic E-state index is 0.672. The van der Waals surface area contributed by atoms with Gasteiger partial charge in [-0.1, -0.05) is 6.07 Å². The van der Waals surface area contributed by atoms with Gasteiger partial charge in [-0.2, -0.15) is 0 Å². The number of nitrogens with one attached hydrogen (secondary N) is 1. The van der Waals surface area contributed by atoms with Gasteiger partial charge in [0.1, 0.15) is 0 Å². The highest BCUT2D eigenvalue weighted by molar-refractivity contribution is 6.40. The fraction of sp³-hybridized carbons (Fsp3) is 0.273. The summed E-state index contributed by atoms with van der Waals surface area (Å²) in [6.45, 7) is 3.86. The molecule has 0 aromatic heterocycles. The standard InChI is InChI=1S/C11H15N3O2/c1-7-4-8(2)6-9(5-7)14(3)11(16)10(15)13-12/h4-6H,12H2,1-3H3,(H,13,15). The van der Waals surface area contributed by atoms with E-state index in [-0.39, 0.29) is 0 Å². The number of amides is 2. The summed E-state index contributed by atoms with van der Waals surface area (Å²) in [5.41, 5.74) is 4.55. The minimum Gasteiger partial charge on any atom is -0.307 e. The second-order valence-corrected chi connectivity index (χ2v) is 3.68. The van der Waals surface area contributed by atoms with Crippen LogP contribution in [-0.4, -0.2) is 18.9 Å². The maximum Gasteiger partial charge on any atom is 0.323 e. The Kier molecular flexibility index (Phi) is 3.63. The third-order valence-corrected chi connectivity index (χ3v) is 2.22. The molecule has 0 atom stereocenters. The van der Waals surface area contributed by atoms with Gasteiger partial charge < -0.3 is 4.90 Å². The molecule has 1 aromatic carbocycles. The molecule has 0 bridgehead atoms. The van der Waals surface area contributed by atoms with E-state index < -0.39 is 11.8 Å². The Bertz CT molecular complexity index is 409. The zero-order chi connectivity index (χ0) is 12.3. The zero-order valence-electron chi connectivity index (χ0n) is 9.57. The predicted molar refractivity (Wildman–Crippen MR) is 61.7 cm³/mol. The van der Waals surface area contributed by atoms with Crippen molar-refractivity contribution in [1.29, 1.82) is 0 Å². The second kappa shape index (κ2) is 4.76. The first-order valence-electron chi connectivity index (χ1n) is 4.82.